The van der Waals surface area contributed by atoms with Crippen molar-refractivity contribution in [1.82, 2.24) is 0 Å². The minimum absolute atomic E-state index is 0.218. The first-order chi connectivity index (χ1) is 6.95. The van der Waals surface area contributed by atoms with E-state index >= 15 is 0 Å². The number of carbonyl (C=O) groups is 2. The minimum Gasteiger partial charge on any atom is -0.480 e. The van der Waals surface area contributed by atoms with Gasteiger partial charge in [-0.15, -0.1) is 0 Å². The molecule has 80 valence electrons. The Bertz CT molecular complexity index is 384. The Morgan fingerprint density at radius 1 is 1.27 bits per heavy atom. The van der Waals surface area contributed by atoms with Crippen LogP contribution in [0.5, 0.6) is 0 Å². The van der Waals surface area contributed by atoms with Crippen molar-refractivity contribution in [1.29, 1.82) is 0 Å². The lowest BCUT2D eigenvalue weighted by Gasteiger charge is -2.10. The molecule has 1 aromatic rings. The van der Waals surface area contributed by atoms with Gasteiger partial charge in [-0.3, -0.25) is 9.59 Å². The van der Waals surface area contributed by atoms with Crippen molar-refractivity contribution in [2.24, 2.45) is 0 Å². The van der Waals surface area contributed by atoms with Gasteiger partial charge in [-0.05, 0) is 12.1 Å². The molecule has 0 aliphatic rings. The minimum atomic E-state index is -1.99. The second kappa shape index (κ2) is 4.27. The summed E-state index contributed by atoms with van der Waals surface area (Å²) in [6.45, 7) is 0. The Morgan fingerprint density at radius 3 is 2.20 bits per heavy atom. The van der Waals surface area contributed by atoms with Crippen molar-refractivity contribution >= 4 is 23.5 Å². The number of carboxylic acid groups (broad SMARTS) is 2. The van der Waals surface area contributed by atoms with Gasteiger partial charge in [0.25, 0.3) is 0 Å². The zero-order chi connectivity index (χ0) is 11.6. The lowest BCUT2D eigenvalue weighted by Crippen LogP contribution is -2.22. The van der Waals surface area contributed by atoms with Crippen LogP contribution in [0.3, 0.4) is 0 Å². The summed E-state index contributed by atoms with van der Waals surface area (Å²) in [5.74, 6) is -6.25. The molecule has 1 rings (SSSR count). The summed E-state index contributed by atoms with van der Waals surface area (Å²) in [6, 6.07) is 3.46. The molecule has 0 bridgehead atoms. The summed E-state index contributed by atoms with van der Waals surface area (Å²) in [4.78, 5) is 21.3. The van der Waals surface area contributed by atoms with E-state index in [1.165, 1.54) is 12.1 Å². The van der Waals surface area contributed by atoms with Crippen molar-refractivity contribution in [3.8, 4) is 0 Å². The number of benzene rings is 1. The van der Waals surface area contributed by atoms with Crippen molar-refractivity contribution in [2.75, 3.05) is 0 Å². The lowest BCUT2D eigenvalue weighted by atomic mass is 9.99. The first-order valence-electron chi connectivity index (χ1n) is 3.84. The molecule has 0 heterocycles. The summed E-state index contributed by atoms with van der Waals surface area (Å²) in [6.07, 6.45) is 0. The fourth-order valence-corrected chi connectivity index (χ4v) is 1.41. The fraction of sp³-hybridized carbons (Fsp3) is 0.111. The maximum absolute atomic E-state index is 13.2. The van der Waals surface area contributed by atoms with Crippen molar-refractivity contribution in [2.45, 2.75) is 5.92 Å². The Morgan fingerprint density at radius 2 is 1.80 bits per heavy atom. The standard InChI is InChI=1S/C9H6ClFO4/c10-4-2-1-3-5(11)6(4)7(8(12)13)9(14)15/h1-3,7H,(H,12,13)(H,14,15). The predicted molar refractivity (Wildman–Crippen MR) is 49.4 cm³/mol. The summed E-state index contributed by atoms with van der Waals surface area (Å²) < 4.78 is 13.2. The van der Waals surface area contributed by atoms with Crippen LogP contribution in [0.1, 0.15) is 11.5 Å². The topological polar surface area (TPSA) is 74.6 Å². The van der Waals surface area contributed by atoms with Gasteiger partial charge in [0.1, 0.15) is 5.82 Å². The van der Waals surface area contributed by atoms with E-state index in [1.807, 2.05) is 0 Å². The van der Waals surface area contributed by atoms with E-state index in [9.17, 15) is 14.0 Å². The molecule has 0 fully saturated rings. The Balaban J connectivity index is 3.35. The average molecular weight is 233 g/mol. The summed E-state index contributed by atoms with van der Waals surface area (Å²) in [5.41, 5.74) is -0.529. The van der Waals surface area contributed by atoms with Crippen molar-refractivity contribution < 1.29 is 24.2 Å². The number of halogens is 2. The maximum Gasteiger partial charge on any atom is 0.322 e. The van der Waals surface area contributed by atoms with E-state index < -0.39 is 29.2 Å². The molecule has 0 atom stereocenters. The number of aliphatic carboxylic acids is 2. The molecular formula is C9H6ClFO4. The van der Waals surface area contributed by atoms with E-state index in [0.29, 0.717) is 0 Å². The van der Waals surface area contributed by atoms with Crippen LogP contribution in [-0.2, 0) is 9.59 Å². The first kappa shape index (κ1) is 11.5. The summed E-state index contributed by atoms with van der Waals surface area (Å²) in [5, 5.41) is 17.1. The molecule has 0 spiro atoms. The van der Waals surface area contributed by atoms with Gasteiger partial charge in [0.05, 0.1) is 0 Å². The van der Waals surface area contributed by atoms with Gasteiger partial charge < -0.3 is 10.2 Å². The molecular weight excluding hydrogens is 227 g/mol. The van der Waals surface area contributed by atoms with E-state index in [0.717, 1.165) is 6.07 Å². The first-order valence-corrected chi connectivity index (χ1v) is 4.22. The highest BCUT2D eigenvalue weighted by Crippen LogP contribution is 2.27. The van der Waals surface area contributed by atoms with E-state index in [1.54, 1.807) is 0 Å². The number of carboxylic acids is 2. The highest BCUT2D eigenvalue weighted by Gasteiger charge is 2.32. The number of rotatable bonds is 3. The molecule has 0 saturated carbocycles. The molecule has 6 heteroatoms. The highest BCUT2D eigenvalue weighted by atomic mass is 35.5. The molecule has 0 unspecified atom stereocenters. The van der Waals surface area contributed by atoms with Crippen LogP contribution in [0.25, 0.3) is 0 Å². The van der Waals surface area contributed by atoms with Crippen molar-refractivity contribution in [3.05, 3.63) is 34.6 Å². The third kappa shape index (κ3) is 2.24. The Labute approximate surface area is 88.9 Å². The van der Waals surface area contributed by atoms with Crippen LogP contribution in [0.4, 0.5) is 4.39 Å². The molecule has 0 saturated heterocycles. The average Bonchev–Trinajstić information content (AvgIpc) is 2.09. The Kier molecular flexibility index (Phi) is 3.26. The van der Waals surface area contributed by atoms with Crippen LogP contribution in [-0.4, -0.2) is 22.2 Å². The van der Waals surface area contributed by atoms with Crippen molar-refractivity contribution in [3.63, 3.8) is 0 Å². The van der Waals surface area contributed by atoms with Crippen LogP contribution >= 0.6 is 11.6 Å². The van der Waals surface area contributed by atoms with Gasteiger partial charge in [-0.25, -0.2) is 4.39 Å². The molecule has 15 heavy (non-hydrogen) atoms. The predicted octanol–water partition coefficient (Wildman–Crippen LogP) is 1.73. The lowest BCUT2D eigenvalue weighted by molar-refractivity contribution is -0.150. The second-order valence-corrected chi connectivity index (χ2v) is 3.15. The smallest absolute Gasteiger partial charge is 0.322 e. The quantitative estimate of drug-likeness (QED) is 0.779. The molecule has 4 nitrogen and oxygen atoms in total. The van der Waals surface area contributed by atoms with Gasteiger partial charge in [0.2, 0.25) is 0 Å². The zero-order valence-electron chi connectivity index (χ0n) is 7.28. The zero-order valence-corrected chi connectivity index (χ0v) is 8.03. The summed E-state index contributed by atoms with van der Waals surface area (Å²) >= 11 is 5.55. The summed E-state index contributed by atoms with van der Waals surface area (Å²) in [7, 11) is 0. The molecule has 2 N–H and O–H groups in total. The monoisotopic (exact) mass is 232 g/mol. The van der Waals surface area contributed by atoms with Crippen LogP contribution in [0, 0.1) is 5.82 Å². The van der Waals surface area contributed by atoms with E-state index in [4.69, 9.17) is 21.8 Å². The molecule has 0 amide bonds. The van der Waals surface area contributed by atoms with Crippen LogP contribution in [0.15, 0.2) is 18.2 Å². The van der Waals surface area contributed by atoms with Crippen LogP contribution < -0.4 is 0 Å². The van der Waals surface area contributed by atoms with E-state index in [-0.39, 0.29) is 5.02 Å². The molecule has 1 aromatic carbocycles. The van der Waals surface area contributed by atoms with Gasteiger partial charge in [-0.2, -0.15) is 0 Å². The third-order valence-electron chi connectivity index (χ3n) is 1.78. The van der Waals surface area contributed by atoms with Gasteiger partial charge >= 0.3 is 11.9 Å². The van der Waals surface area contributed by atoms with E-state index in [2.05, 4.69) is 0 Å². The van der Waals surface area contributed by atoms with Gasteiger partial charge in [0.15, 0.2) is 5.92 Å². The normalized spacial score (nSPS) is 10.3. The maximum atomic E-state index is 13.2. The number of hydrogen-bond acceptors (Lipinski definition) is 2. The second-order valence-electron chi connectivity index (χ2n) is 2.74. The molecule has 0 aromatic heterocycles. The van der Waals surface area contributed by atoms with Gasteiger partial charge in [-0.1, -0.05) is 17.7 Å². The SMILES string of the molecule is O=C(O)C(C(=O)O)c1c(F)cccc1Cl. The number of hydrogen-bond donors (Lipinski definition) is 2. The Hall–Kier alpha value is -1.62. The van der Waals surface area contributed by atoms with Gasteiger partial charge in [0, 0.05) is 10.6 Å². The molecule has 0 radical (unpaired) electrons. The fourth-order valence-electron chi connectivity index (χ4n) is 1.14. The molecule has 0 aliphatic carbocycles. The highest BCUT2D eigenvalue weighted by molar-refractivity contribution is 6.32. The third-order valence-corrected chi connectivity index (χ3v) is 2.11. The van der Waals surface area contributed by atoms with Crippen LogP contribution in [0.2, 0.25) is 5.02 Å². The molecule has 0 aliphatic heterocycles. The largest absolute Gasteiger partial charge is 0.480 e.